The van der Waals surface area contributed by atoms with E-state index in [-0.39, 0.29) is 0 Å². The predicted octanol–water partition coefficient (Wildman–Crippen LogP) is 2.88. The quantitative estimate of drug-likeness (QED) is 0.923. The molecule has 112 valence electrons. The molecule has 0 saturated carbocycles. The van der Waals surface area contributed by atoms with Crippen molar-refractivity contribution in [2.45, 2.75) is 25.8 Å². The summed E-state index contributed by atoms with van der Waals surface area (Å²) in [5, 5.41) is 3.44. The highest BCUT2D eigenvalue weighted by atomic mass is 32.1. The van der Waals surface area contributed by atoms with Crippen LogP contribution >= 0.6 is 11.3 Å². The van der Waals surface area contributed by atoms with E-state index in [0.29, 0.717) is 11.8 Å². The average molecular weight is 301 g/mol. The number of aromatic nitrogens is 1. The number of nitrogens with zero attached hydrogens (tertiary/aromatic N) is 2. The Labute approximate surface area is 130 Å². The molecule has 2 aromatic rings. The third kappa shape index (κ3) is 3.34. The summed E-state index contributed by atoms with van der Waals surface area (Å²) in [6.07, 6.45) is 1.03. The smallest absolute Gasteiger partial charge is 0.0926 e. The first-order chi connectivity index (χ1) is 10.3. The summed E-state index contributed by atoms with van der Waals surface area (Å²) < 4.78 is 0. The van der Waals surface area contributed by atoms with Gasteiger partial charge in [0.25, 0.3) is 0 Å². The van der Waals surface area contributed by atoms with Gasteiger partial charge in [-0.3, -0.25) is 4.90 Å². The highest BCUT2D eigenvalue weighted by Gasteiger charge is 2.32. The second kappa shape index (κ2) is 6.69. The van der Waals surface area contributed by atoms with Crippen molar-refractivity contribution in [2.75, 3.05) is 19.6 Å². The summed E-state index contributed by atoms with van der Waals surface area (Å²) in [4.78, 5) is 7.19. The van der Waals surface area contributed by atoms with Gasteiger partial charge in [0.05, 0.1) is 10.7 Å². The summed E-state index contributed by atoms with van der Waals surface area (Å²) in [5.74, 6) is 1.11. The summed E-state index contributed by atoms with van der Waals surface area (Å²) in [6, 6.07) is 10.8. The maximum Gasteiger partial charge on any atom is 0.0926 e. The Balaban J connectivity index is 1.69. The van der Waals surface area contributed by atoms with Gasteiger partial charge in [-0.2, -0.15) is 0 Å². The molecule has 0 spiro atoms. The topological polar surface area (TPSA) is 42.2 Å². The molecular weight excluding hydrogens is 278 g/mol. The Kier molecular flexibility index (Phi) is 4.68. The SMILES string of the molecule is CCc1nc(CN2C[C@@H](CN)[C@H](c3ccccc3)C2)cs1. The highest BCUT2D eigenvalue weighted by Crippen LogP contribution is 2.32. The first-order valence-electron chi connectivity index (χ1n) is 7.70. The zero-order valence-electron chi connectivity index (χ0n) is 12.5. The lowest BCUT2D eigenvalue weighted by molar-refractivity contribution is 0.313. The Bertz CT molecular complexity index is 566. The van der Waals surface area contributed by atoms with Gasteiger partial charge in [0.2, 0.25) is 0 Å². The molecule has 0 amide bonds. The maximum absolute atomic E-state index is 6.00. The number of hydrogen-bond donors (Lipinski definition) is 1. The Morgan fingerprint density at radius 3 is 2.76 bits per heavy atom. The van der Waals surface area contributed by atoms with E-state index in [0.717, 1.165) is 32.6 Å². The molecule has 0 aliphatic carbocycles. The molecule has 2 N–H and O–H groups in total. The monoisotopic (exact) mass is 301 g/mol. The minimum Gasteiger partial charge on any atom is -0.330 e. The van der Waals surface area contributed by atoms with E-state index in [4.69, 9.17) is 5.73 Å². The first-order valence-corrected chi connectivity index (χ1v) is 8.58. The van der Waals surface area contributed by atoms with Gasteiger partial charge in [0, 0.05) is 30.9 Å². The van der Waals surface area contributed by atoms with Crippen molar-refractivity contribution < 1.29 is 0 Å². The Morgan fingerprint density at radius 1 is 1.29 bits per heavy atom. The number of likely N-dealkylation sites (tertiary alicyclic amines) is 1. The first kappa shape index (κ1) is 14.7. The molecule has 21 heavy (non-hydrogen) atoms. The molecule has 4 heteroatoms. The minimum atomic E-state index is 0.552. The molecule has 1 aromatic carbocycles. The summed E-state index contributed by atoms with van der Waals surface area (Å²) >= 11 is 1.77. The fraction of sp³-hybridized carbons (Fsp3) is 0.471. The van der Waals surface area contributed by atoms with Crippen LogP contribution in [-0.2, 0) is 13.0 Å². The fourth-order valence-corrected chi connectivity index (χ4v) is 3.96. The largest absolute Gasteiger partial charge is 0.330 e. The lowest BCUT2D eigenvalue weighted by Gasteiger charge is -2.16. The van der Waals surface area contributed by atoms with E-state index in [2.05, 4.69) is 52.5 Å². The zero-order valence-corrected chi connectivity index (χ0v) is 13.4. The highest BCUT2D eigenvalue weighted by molar-refractivity contribution is 7.09. The van der Waals surface area contributed by atoms with Gasteiger partial charge in [0.15, 0.2) is 0 Å². The van der Waals surface area contributed by atoms with Crippen molar-refractivity contribution in [1.82, 2.24) is 9.88 Å². The standard InChI is InChI=1S/C17H23N3S/c1-2-17-19-15(12-21-17)10-20-9-14(8-18)16(11-20)13-6-4-3-5-7-13/h3-7,12,14,16H,2,8-11,18H2,1H3/t14-,16+/m1/s1. The molecule has 2 atom stereocenters. The van der Waals surface area contributed by atoms with Crippen LogP contribution in [0.1, 0.15) is 29.1 Å². The van der Waals surface area contributed by atoms with Crippen LogP contribution in [-0.4, -0.2) is 29.5 Å². The van der Waals surface area contributed by atoms with Crippen LogP contribution < -0.4 is 5.73 Å². The molecule has 1 saturated heterocycles. The van der Waals surface area contributed by atoms with Crippen molar-refractivity contribution in [3.8, 4) is 0 Å². The van der Waals surface area contributed by atoms with Gasteiger partial charge in [0.1, 0.15) is 0 Å². The molecule has 0 radical (unpaired) electrons. The third-order valence-electron chi connectivity index (χ3n) is 4.33. The molecule has 2 heterocycles. The number of nitrogens with two attached hydrogens (primary N) is 1. The zero-order chi connectivity index (χ0) is 14.7. The van der Waals surface area contributed by atoms with Crippen LogP contribution in [0.5, 0.6) is 0 Å². The van der Waals surface area contributed by atoms with E-state index < -0.39 is 0 Å². The third-order valence-corrected chi connectivity index (χ3v) is 5.38. The summed E-state index contributed by atoms with van der Waals surface area (Å²) in [7, 11) is 0. The van der Waals surface area contributed by atoms with Crippen LogP contribution in [0.4, 0.5) is 0 Å². The lowest BCUT2D eigenvalue weighted by atomic mass is 9.89. The molecule has 1 aliphatic rings. The molecule has 0 bridgehead atoms. The summed E-state index contributed by atoms with van der Waals surface area (Å²) in [5.41, 5.74) is 8.63. The Morgan fingerprint density at radius 2 is 2.10 bits per heavy atom. The second-order valence-electron chi connectivity index (χ2n) is 5.79. The van der Waals surface area contributed by atoms with Crippen LogP contribution in [0, 0.1) is 5.92 Å². The van der Waals surface area contributed by atoms with E-state index >= 15 is 0 Å². The molecule has 1 aliphatic heterocycles. The van der Waals surface area contributed by atoms with Crippen LogP contribution in [0.25, 0.3) is 0 Å². The average Bonchev–Trinajstić information content (AvgIpc) is 3.15. The second-order valence-corrected chi connectivity index (χ2v) is 6.74. The van der Waals surface area contributed by atoms with Gasteiger partial charge in [-0.25, -0.2) is 4.98 Å². The lowest BCUT2D eigenvalue weighted by Crippen LogP contribution is -2.23. The van der Waals surface area contributed by atoms with E-state index in [1.165, 1.54) is 16.3 Å². The van der Waals surface area contributed by atoms with E-state index in [1.807, 2.05) is 0 Å². The maximum atomic E-state index is 6.00. The van der Waals surface area contributed by atoms with Gasteiger partial charge >= 0.3 is 0 Å². The van der Waals surface area contributed by atoms with E-state index in [9.17, 15) is 0 Å². The van der Waals surface area contributed by atoms with Gasteiger partial charge in [-0.05, 0) is 24.4 Å². The fourth-order valence-electron chi connectivity index (χ4n) is 3.22. The molecule has 0 unspecified atom stereocenters. The minimum absolute atomic E-state index is 0.552. The van der Waals surface area contributed by atoms with Crippen molar-refractivity contribution in [3.05, 3.63) is 52.0 Å². The van der Waals surface area contributed by atoms with Crippen LogP contribution in [0.3, 0.4) is 0 Å². The summed E-state index contributed by atoms with van der Waals surface area (Å²) in [6.45, 7) is 6.04. The van der Waals surface area contributed by atoms with Crippen LogP contribution in [0.2, 0.25) is 0 Å². The molecule has 3 rings (SSSR count). The number of rotatable bonds is 5. The molecule has 1 fully saturated rings. The number of benzene rings is 1. The van der Waals surface area contributed by atoms with Crippen molar-refractivity contribution in [1.29, 1.82) is 0 Å². The Hall–Kier alpha value is -1.23. The number of hydrogen-bond acceptors (Lipinski definition) is 4. The molecule has 1 aromatic heterocycles. The van der Waals surface area contributed by atoms with Gasteiger partial charge in [-0.1, -0.05) is 37.3 Å². The van der Waals surface area contributed by atoms with E-state index in [1.54, 1.807) is 11.3 Å². The molecule has 3 nitrogen and oxygen atoms in total. The van der Waals surface area contributed by atoms with Crippen molar-refractivity contribution in [2.24, 2.45) is 11.7 Å². The van der Waals surface area contributed by atoms with Crippen molar-refractivity contribution >= 4 is 11.3 Å². The van der Waals surface area contributed by atoms with Crippen molar-refractivity contribution in [3.63, 3.8) is 0 Å². The number of aryl methyl sites for hydroxylation is 1. The van der Waals surface area contributed by atoms with Crippen LogP contribution in [0.15, 0.2) is 35.7 Å². The van der Waals surface area contributed by atoms with Gasteiger partial charge < -0.3 is 5.73 Å². The normalized spacial score (nSPS) is 22.8. The molecular formula is C17H23N3S. The van der Waals surface area contributed by atoms with Gasteiger partial charge in [-0.15, -0.1) is 11.3 Å². The predicted molar refractivity (Wildman–Crippen MR) is 88.5 cm³/mol. The number of thiazole rings is 1.